The van der Waals surface area contributed by atoms with Crippen molar-refractivity contribution in [2.75, 3.05) is 16.8 Å². The standard InChI is InChI=1S/C14H18N2O4S/c1-9(2)15-14(20)10-3-5-11(6-4-10)16-12(17)7-21-8-13(18)19/h3-6,9H,7-8H2,1-2H3,(H,15,20)(H,16,17)(H,18,19). The summed E-state index contributed by atoms with van der Waals surface area (Å²) >= 11 is 1.03. The zero-order chi connectivity index (χ0) is 15.8. The van der Waals surface area contributed by atoms with Crippen LogP contribution in [-0.4, -0.2) is 40.4 Å². The molecule has 0 aromatic heterocycles. The van der Waals surface area contributed by atoms with Gasteiger partial charge < -0.3 is 15.7 Å². The summed E-state index contributed by atoms with van der Waals surface area (Å²) in [6.07, 6.45) is 0. The van der Waals surface area contributed by atoms with Crippen molar-refractivity contribution in [2.45, 2.75) is 19.9 Å². The molecule has 0 bridgehead atoms. The predicted octanol–water partition coefficient (Wildman–Crippen LogP) is 1.58. The summed E-state index contributed by atoms with van der Waals surface area (Å²) in [7, 11) is 0. The average molecular weight is 310 g/mol. The van der Waals surface area contributed by atoms with Gasteiger partial charge in [-0.15, -0.1) is 11.8 Å². The number of nitrogens with one attached hydrogen (secondary N) is 2. The van der Waals surface area contributed by atoms with E-state index in [2.05, 4.69) is 10.6 Å². The molecule has 3 N–H and O–H groups in total. The highest BCUT2D eigenvalue weighted by molar-refractivity contribution is 8.00. The smallest absolute Gasteiger partial charge is 0.313 e. The summed E-state index contributed by atoms with van der Waals surface area (Å²) in [4.78, 5) is 33.6. The van der Waals surface area contributed by atoms with Gasteiger partial charge in [-0.2, -0.15) is 0 Å². The maximum absolute atomic E-state index is 11.7. The monoisotopic (exact) mass is 310 g/mol. The first-order valence-corrected chi connectivity index (χ1v) is 7.54. The van der Waals surface area contributed by atoms with Gasteiger partial charge in [0.2, 0.25) is 5.91 Å². The topological polar surface area (TPSA) is 95.5 Å². The molecular weight excluding hydrogens is 292 g/mol. The fourth-order valence-electron chi connectivity index (χ4n) is 1.48. The first kappa shape index (κ1) is 17.0. The Morgan fingerprint density at radius 3 is 2.29 bits per heavy atom. The minimum Gasteiger partial charge on any atom is -0.481 e. The summed E-state index contributed by atoms with van der Waals surface area (Å²) in [5, 5.41) is 13.9. The first-order valence-electron chi connectivity index (χ1n) is 6.39. The third-order valence-electron chi connectivity index (χ3n) is 2.31. The molecule has 1 rings (SSSR count). The Bertz CT molecular complexity index is 514. The molecule has 1 aromatic carbocycles. The van der Waals surface area contributed by atoms with Gasteiger partial charge in [0.25, 0.3) is 5.91 Å². The van der Waals surface area contributed by atoms with Gasteiger partial charge in [-0.25, -0.2) is 0 Å². The van der Waals surface area contributed by atoms with Crippen molar-refractivity contribution in [2.24, 2.45) is 0 Å². The van der Waals surface area contributed by atoms with E-state index < -0.39 is 5.97 Å². The lowest BCUT2D eigenvalue weighted by Crippen LogP contribution is -2.30. The second-order valence-electron chi connectivity index (χ2n) is 4.64. The molecule has 0 saturated carbocycles. The zero-order valence-corrected chi connectivity index (χ0v) is 12.7. The Kier molecular flexibility index (Phi) is 6.74. The molecule has 0 atom stereocenters. The van der Waals surface area contributed by atoms with Gasteiger partial charge >= 0.3 is 5.97 Å². The molecule has 0 aliphatic rings. The van der Waals surface area contributed by atoms with Crippen LogP contribution < -0.4 is 10.6 Å². The maximum atomic E-state index is 11.7. The number of amides is 2. The molecule has 0 fully saturated rings. The number of thioether (sulfide) groups is 1. The predicted molar refractivity (Wildman–Crippen MR) is 82.6 cm³/mol. The molecule has 0 heterocycles. The molecule has 7 heteroatoms. The van der Waals surface area contributed by atoms with Crippen molar-refractivity contribution in [3.8, 4) is 0 Å². The highest BCUT2D eigenvalue weighted by atomic mass is 32.2. The summed E-state index contributed by atoms with van der Waals surface area (Å²) in [6.45, 7) is 3.75. The molecule has 0 saturated heterocycles. The molecule has 0 aliphatic carbocycles. The molecule has 0 spiro atoms. The minimum absolute atomic E-state index is 0.0585. The summed E-state index contributed by atoms with van der Waals surface area (Å²) in [6, 6.07) is 6.57. The number of aliphatic carboxylic acids is 1. The number of carboxylic acids is 1. The van der Waals surface area contributed by atoms with Crippen LogP contribution in [0.4, 0.5) is 5.69 Å². The van der Waals surface area contributed by atoms with Gasteiger partial charge in [-0.05, 0) is 38.1 Å². The van der Waals surface area contributed by atoms with Crippen LogP contribution >= 0.6 is 11.8 Å². The molecule has 0 radical (unpaired) electrons. The van der Waals surface area contributed by atoms with Gasteiger partial charge in [0.05, 0.1) is 11.5 Å². The molecule has 2 amide bonds. The Morgan fingerprint density at radius 2 is 1.76 bits per heavy atom. The van der Waals surface area contributed by atoms with Gasteiger partial charge in [0, 0.05) is 17.3 Å². The number of hydrogen-bond donors (Lipinski definition) is 3. The number of carbonyl (C=O) groups is 3. The van der Waals surface area contributed by atoms with Crippen LogP contribution in [0.25, 0.3) is 0 Å². The SMILES string of the molecule is CC(C)NC(=O)c1ccc(NC(=O)CSCC(=O)O)cc1. The van der Waals surface area contributed by atoms with Crippen LogP contribution in [0, 0.1) is 0 Å². The van der Waals surface area contributed by atoms with E-state index in [-0.39, 0.29) is 29.4 Å². The van der Waals surface area contributed by atoms with Crippen molar-refractivity contribution in [3.05, 3.63) is 29.8 Å². The summed E-state index contributed by atoms with van der Waals surface area (Å²) in [5.74, 6) is -1.43. The second-order valence-corrected chi connectivity index (χ2v) is 5.63. The molecule has 114 valence electrons. The van der Waals surface area contributed by atoms with Crippen molar-refractivity contribution in [1.82, 2.24) is 5.32 Å². The van der Waals surface area contributed by atoms with E-state index in [4.69, 9.17) is 5.11 Å². The number of benzene rings is 1. The average Bonchev–Trinajstić information content (AvgIpc) is 2.38. The molecule has 0 aliphatic heterocycles. The van der Waals surface area contributed by atoms with Crippen LogP contribution in [0.5, 0.6) is 0 Å². The normalized spacial score (nSPS) is 10.2. The largest absolute Gasteiger partial charge is 0.481 e. The zero-order valence-electron chi connectivity index (χ0n) is 11.9. The molecule has 1 aromatic rings. The molecule has 21 heavy (non-hydrogen) atoms. The van der Waals surface area contributed by atoms with Crippen LogP contribution in [0.15, 0.2) is 24.3 Å². The second kappa shape index (κ2) is 8.31. The lowest BCUT2D eigenvalue weighted by molar-refractivity contribution is -0.133. The van der Waals surface area contributed by atoms with Crippen molar-refractivity contribution in [1.29, 1.82) is 0 Å². The minimum atomic E-state index is -0.951. The van der Waals surface area contributed by atoms with Crippen LogP contribution in [0.3, 0.4) is 0 Å². The highest BCUT2D eigenvalue weighted by Crippen LogP contribution is 2.11. The Morgan fingerprint density at radius 1 is 1.14 bits per heavy atom. The Hall–Kier alpha value is -2.02. The van der Waals surface area contributed by atoms with Crippen LogP contribution in [-0.2, 0) is 9.59 Å². The molecule has 6 nitrogen and oxygen atoms in total. The number of hydrogen-bond acceptors (Lipinski definition) is 4. The number of carboxylic acid groups (broad SMARTS) is 1. The van der Waals surface area contributed by atoms with Gasteiger partial charge in [0.1, 0.15) is 0 Å². The lowest BCUT2D eigenvalue weighted by atomic mass is 10.2. The van der Waals surface area contributed by atoms with E-state index >= 15 is 0 Å². The summed E-state index contributed by atoms with van der Waals surface area (Å²) in [5.41, 5.74) is 1.08. The van der Waals surface area contributed by atoms with Crippen molar-refractivity contribution in [3.63, 3.8) is 0 Å². The Labute approximate surface area is 127 Å². The maximum Gasteiger partial charge on any atom is 0.313 e. The van der Waals surface area contributed by atoms with E-state index in [1.807, 2.05) is 13.8 Å². The number of anilines is 1. The van der Waals surface area contributed by atoms with Gasteiger partial charge in [0.15, 0.2) is 0 Å². The van der Waals surface area contributed by atoms with E-state index in [0.717, 1.165) is 11.8 Å². The number of rotatable bonds is 7. The van der Waals surface area contributed by atoms with Gasteiger partial charge in [-0.1, -0.05) is 0 Å². The van der Waals surface area contributed by atoms with E-state index in [1.165, 1.54) is 0 Å². The van der Waals surface area contributed by atoms with Crippen LogP contribution in [0.1, 0.15) is 24.2 Å². The van der Waals surface area contributed by atoms with Gasteiger partial charge in [-0.3, -0.25) is 14.4 Å². The molecule has 0 unspecified atom stereocenters. The molecular formula is C14H18N2O4S. The highest BCUT2D eigenvalue weighted by Gasteiger charge is 2.08. The van der Waals surface area contributed by atoms with E-state index in [1.54, 1.807) is 24.3 Å². The van der Waals surface area contributed by atoms with Crippen molar-refractivity contribution < 1.29 is 19.5 Å². The summed E-state index contributed by atoms with van der Waals surface area (Å²) < 4.78 is 0. The quantitative estimate of drug-likeness (QED) is 0.710. The van der Waals surface area contributed by atoms with Crippen LogP contribution in [0.2, 0.25) is 0 Å². The fourth-order valence-corrected chi connectivity index (χ4v) is 2.01. The lowest BCUT2D eigenvalue weighted by Gasteiger charge is -2.09. The Balaban J connectivity index is 2.49. The third kappa shape index (κ3) is 6.80. The van der Waals surface area contributed by atoms with E-state index in [0.29, 0.717) is 11.3 Å². The third-order valence-corrected chi connectivity index (χ3v) is 3.23. The fraction of sp³-hybridized carbons (Fsp3) is 0.357. The first-order chi connectivity index (χ1) is 9.88. The number of carbonyl (C=O) groups excluding carboxylic acids is 2. The van der Waals surface area contributed by atoms with E-state index in [9.17, 15) is 14.4 Å². The van der Waals surface area contributed by atoms with Crippen molar-refractivity contribution >= 4 is 35.2 Å².